The number of ether oxygens (including phenoxy) is 1. The molecule has 0 radical (unpaired) electrons. The van der Waals surface area contributed by atoms with E-state index in [0.29, 0.717) is 6.42 Å². The largest absolute Gasteiger partial charge is 0.488 e. The summed E-state index contributed by atoms with van der Waals surface area (Å²) in [7, 11) is 0. The van der Waals surface area contributed by atoms with Crippen molar-refractivity contribution in [3.05, 3.63) is 66.0 Å². The zero-order valence-corrected chi connectivity index (χ0v) is 16.5. The van der Waals surface area contributed by atoms with Crippen molar-refractivity contribution in [1.82, 2.24) is 10.6 Å². The van der Waals surface area contributed by atoms with Gasteiger partial charge in [-0.15, -0.1) is 12.4 Å². The van der Waals surface area contributed by atoms with Gasteiger partial charge in [-0.05, 0) is 17.7 Å². The number of carbonyl (C=O) groups is 1. The van der Waals surface area contributed by atoms with E-state index in [0.717, 1.165) is 23.6 Å². The highest BCUT2D eigenvalue weighted by atomic mass is 35.5. The summed E-state index contributed by atoms with van der Waals surface area (Å²) in [5.41, 5.74) is 0.933. The molecule has 1 saturated heterocycles. The van der Waals surface area contributed by atoms with Gasteiger partial charge in [-0.25, -0.2) is 4.39 Å². The van der Waals surface area contributed by atoms with Gasteiger partial charge < -0.3 is 15.4 Å². The highest BCUT2D eigenvalue weighted by Crippen LogP contribution is 2.20. The van der Waals surface area contributed by atoms with E-state index in [4.69, 9.17) is 4.74 Å². The van der Waals surface area contributed by atoms with E-state index < -0.39 is 5.82 Å². The highest BCUT2D eigenvalue weighted by Gasteiger charge is 2.20. The predicted molar refractivity (Wildman–Crippen MR) is 110 cm³/mol. The first-order valence-electron chi connectivity index (χ1n) is 8.75. The fourth-order valence-electron chi connectivity index (χ4n) is 2.87. The molecule has 0 aliphatic carbocycles. The maximum absolute atomic E-state index is 13.8. The molecule has 3 rings (SSSR count). The molecule has 7 heteroatoms. The molecule has 0 saturated carbocycles. The average Bonchev–Trinajstić information content (AvgIpc) is 2.68. The third-order valence-electron chi connectivity index (χ3n) is 4.21. The number of hydrogen-bond acceptors (Lipinski definition) is 4. The summed E-state index contributed by atoms with van der Waals surface area (Å²) in [4.78, 5) is 12.5. The van der Waals surface area contributed by atoms with Crippen LogP contribution in [-0.4, -0.2) is 36.6 Å². The van der Waals surface area contributed by atoms with Crippen LogP contribution in [0.4, 0.5) is 4.39 Å². The number of amides is 1. The van der Waals surface area contributed by atoms with Crippen molar-refractivity contribution in [3.8, 4) is 5.75 Å². The number of carbonyl (C=O) groups excluding carboxylic acids is 1. The summed E-state index contributed by atoms with van der Waals surface area (Å²) >= 11 is 1.86. The Bertz CT molecular complexity index is 714. The van der Waals surface area contributed by atoms with Gasteiger partial charge in [-0.1, -0.05) is 42.5 Å². The average molecular weight is 411 g/mol. The number of halogens is 2. The lowest BCUT2D eigenvalue weighted by molar-refractivity contribution is -0.122. The van der Waals surface area contributed by atoms with Crippen LogP contribution >= 0.6 is 24.2 Å². The molecule has 0 spiro atoms. The fraction of sp³-hybridized carbons (Fsp3) is 0.350. The molecule has 0 aromatic heterocycles. The first-order chi connectivity index (χ1) is 12.7. The van der Waals surface area contributed by atoms with E-state index in [1.54, 1.807) is 18.2 Å². The minimum absolute atomic E-state index is 0. The maximum atomic E-state index is 13.8. The van der Waals surface area contributed by atoms with Gasteiger partial charge in [0.2, 0.25) is 5.91 Å². The van der Waals surface area contributed by atoms with Crippen molar-refractivity contribution in [1.29, 1.82) is 0 Å². The van der Waals surface area contributed by atoms with Crippen LogP contribution in [0.3, 0.4) is 0 Å². The number of benzene rings is 2. The molecule has 2 N–H and O–H groups in total. The molecule has 146 valence electrons. The van der Waals surface area contributed by atoms with Gasteiger partial charge in [0.25, 0.3) is 0 Å². The predicted octanol–water partition coefficient (Wildman–Crippen LogP) is 3.58. The standard InChI is InChI=1S/C20H23FN2O2S.ClH/c21-17-8-4-5-9-19(17)25-13-18(15-6-2-1-3-7-15)23-20(24)12-16-14-26-11-10-22-16;/h1-9,16,18,22H,10-14H2,(H,23,24);1H. The second kappa shape index (κ2) is 11.2. The van der Waals surface area contributed by atoms with Gasteiger partial charge in [0.15, 0.2) is 11.6 Å². The topological polar surface area (TPSA) is 50.4 Å². The molecule has 2 aromatic carbocycles. The van der Waals surface area contributed by atoms with Gasteiger partial charge in [0, 0.05) is 30.5 Å². The third kappa shape index (κ3) is 6.72. The van der Waals surface area contributed by atoms with Crippen LogP contribution in [0, 0.1) is 5.82 Å². The van der Waals surface area contributed by atoms with E-state index in [-0.39, 0.29) is 42.8 Å². The molecule has 0 bridgehead atoms. The smallest absolute Gasteiger partial charge is 0.222 e. The SMILES string of the molecule is Cl.O=C(CC1CSCCN1)NC(COc1ccccc1F)c1ccccc1. The van der Waals surface area contributed by atoms with Crippen molar-refractivity contribution in [2.45, 2.75) is 18.5 Å². The molecule has 2 atom stereocenters. The minimum atomic E-state index is -0.408. The summed E-state index contributed by atoms with van der Waals surface area (Å²) in [6.45, 7) is 1.10. The fourth-order valence-corrected chi connectivity index (χ4v) is 3.82. The van der Waals surface area contributed by atoms with E-state index in [2.05, 4.69) is 10.6 Å². The second-order valence-corrected chi connectivity index (χ2v) is 7.35. The highest BCUT2D eigenvalue weighted by molar-refractivity contribution is 7.99. The van der Waals surface area contributed by atoms with Crippen LogP contribution in [0.2, 0.25) is 0 Å². The van der Waals surface area contributed by atoms with Crippen LogP contribution in [-0.2, 0) is 4.79 Å². The molecule has 2 unspecified atom stereocenters. The van der Waals surface area contributed by atoms with Crippen LogP contribution < -0.4 is 15.4 Å². The Morgan fingerprint density at radius 2 is 1.96 bits per heavy atom. The quantitative estimate of drug-likeness (QED) is 0.732. The summed E-state index contributed by atoms with van der Waals surface area (Å²) in [6, 6.07) is 15.8. The van der Waals surface area contributed by atoms with Crippen molar-refractivity contribution in [2.24, 2.45) is 0 Å². The Morgan fingerprint density at radius 1 is 1.22 bits per heavy atom. The lowest BCUT2D eigenvalue weighted by Crippen LogP contribution is -2.42. The Labute approximate surface area is 169 Å². The van der Waals surface area contributed by atoms with Gasteiger partial charge >= 0.3 is 0 Å². The van der Waals surface area contributed by atoms with Gasteiger partial charge in [0.1, 0.15) is 6.61 Å². The van der Waals surface area contributed by atoms with Crippen LogP contribution in [0.15, 0.2) is 54.6 Å². The number of thioether (sulfide) groups is 1. The first-order valence-corrected chi connectivity index (χ1v) is 9.90. The van der Waals surface area contributed by atoms with Crippen molar-refractivity contribution >= 4 is 30.1 Å². The van der Waals surface area contributed by atoms with Crippen LogP contribution in [0.25, 0.3) is 0 Å². The zero-order chi connectivity index (χ0) is 18.2. The Morgan fingerprint density at radius 3 is 2.67 bits per heavy atom. The van der Waals surface area contributed by atoms with E-state index in [1.165, 1.54) is 6.07 Å². The van der Waals surface area contributed by atoms with Crippen molar-refractivity contribution in [3.63, 3.8) is 0 Å². The molecule has 1 amide bonds. The first kappa shape index (κ1) is 21.5. The van der Waals surface area contributed by atoms with Crippen molar-refractivity contribution < 1.29 is 13.9 Å². The molecule has 1 aliphatic heterocycles. The number of hydrogen-bond donors (Lipinski definition) is 2. The molecule has 4 nitrogen and oxygen atoms in total. The van der Waals surface area contributed by atoms with E-state index in [1.807, 2.05) is 42.1 Å². The minimum Gasteiger partial charge on any atom is -0.488 e. The molecule has 1 aliphatic rings. The summed E-state index contributed by atoms with van der Waals surface area (Å²) < 4.78 is 19.4. The number of rotatable bonds is 7. The third-order valence-corrected chi connectivity index (χ3v) is 5.34. The normalized spacial score (nSPS) is 17.4. The van der Waals surface area contributed by atoms with Crippen molar-refractivity contribution in [2.75, 3.05) is 24.7 Å². The lowest BCUT2D eigenvalue weighted by Gasteiger charge is -2.25. The molecule has 27 heavy (non-hydrogen) atoms. The zero-order valence-electron chi connectivity index (χ0n) is 14.9. The van der Waals surface area contributed by atoms with Crippen LogP contribution in [0.1, 0.15) is 18.0 Å². The Hall–Kier alpha value is -1.76. The monoisotopic (exact) mass is 410 g/mol. The molecular formula is C20H24ClFN2O2S. The number of para-hydroxylation sites is 1. The number of nitrogens with one attached hydrogen (secondary N) is 2. The summed E-state index contributed by atoms with van der Waals surface area (Å²) in [6.07, 6.45) is 0.427. The van der Waals surface area contributed by atoms with E-state index in [9.17, 15) is 9.18 Å². The lowest BCUT2D eigenvalue weighted by atomic mass is 10.1. The summed E-state index contributed by atoms with van der Waals surface area (Å²) in [5, 5.41) is 6.40. The molecule has 2 aromatic rings. The van der Waals surface area contributed by atoms with Gasteiger partial charge in [-0.2, -0.15) is 11.8 Å². The Balaban J connectivity index is 0.00000261. The second-order valence-electron chi connectivity index (χ2n) is 6.20. The maximum Gasteiger partial charge on any atom is 0.222 e. The molecule has 1 fully saturated rings. The van der Waals surface area contributed by atoms with E-state index >= 15 is 0 Å². The van der Waals surface area contributed by atoms with Crippen LogP contribution in [0.5, 0.6) is 5.75 Å². The van der Waals surface area contributed by atoms with Gasteiger partial charge in [-0.3, -0.25) is 4.79 Å². The molecule has 1 heterocycles. The van der Waals surface area contributed by atoms with Gasteiger partial charge in [0.05, 0.1) is 6.04 Å². The molecular weight excluding hydrogens is 387 g/mol. The summed E-state index contributed by atoms with van der Waals surface area (Å²) in [5.74, 6) is 1.77. The Kier molecular flexibility index (Phi) is 8.91.